The first-order valence-electron chi connectivity index (χ1n) is 12.2. The maximum absolute atomic E-state index is 13.9. The molecule has 1 aliphatic rings. The van der Waals surface area contributed by atoms with E-state index in [4.69, 9.17) is 0 Å². The molecule has 1 N–H and O–H groups in total. The summed E-state index contributed by atoms with van der Waals surface area (Å²) in [5.41, 5.74) is 5.67. The van der Waals surface area contributed by atoms with Crippen molar-refractivity contribution in [2.24, 2.45) is 5.92 Å². The quantitative estimate of drug-likeness (QED) is 0.469. The standard InChI is InChI=1S/C30H34N2O2/c1-20(2)24-15-9-16-25(19-24)31-29(33)26-17-10-18-32(28(26)23-13-6-5-7-14-23)30(34)27-21(3)11-8-12-22(27)4/h5-9,11-16,19-20,26,28H,10,17-18H2,1-4H3,(H,31,33). The minimum absolute atomic E-state index is 0.00348. The van der Waals surface area contributed by atoms with Gasteiger partial charge in [0.25, 0.3) is 5.91 Å². The number of anilines is 1. The van der Waals surface area contributed by atoms with Crippen LogP contribution in [0.4, 0.5) is 5.69 Å². The van der Waals surface area contributed by atoms with E-state index in [1.165, 1.54) is 5.56 Å². The molecule has 0 radical (unpaired) electrons. The average Bonchev–Trinajstić information content (AvgIpc) is 2.84. The fraction of sp³-hybridized carbons (Fsp3) is 0.333. The Morgan fingerprint density at radius 2 is 1.59 bits per heavy atom. The number of benzene rings is 3. The molecule has 2 unspecified atom stereocenters. The van der Waals surface area contributed by atoms with Crippen LogP contribution in [0, 0.1) is 19.8 Å². The molecule has 4 rings (SSSR count). The van der Waals surface area contributed by atoms with Crippen LogP contribution in [0.2, 0.25) is 0 Å². The molecule has 176 valence electrons. The van der Waals surface area contributed by atoms with E-state index in [-0.39, 0.29) is 23.8 Å². The summed E-state index contributed by atoms with van der Waals surface area (Å²) in [4.78, 5) is 29.4. The van der Waals surface area contributed by atoms with Crippen molar-refractivity contribution in [3.8, 4) is 0 Å². The molecule has 0 bridgehead atoms. The van der Waals surface area contributed by atoms with Gasteiger partial charge in [-0.05, 0) is 67.0 Å². The Kier molecular flexibility index (Phi) is 7.16. The number of nitrogens with one attached hydrogen (secondary N) is 1. The Labute approximate surface area is 203 Å². The fourth-order valence-electron chi connectivity index (χ4n) is 5.07. The highest BCUT2D eigenvalue weighted by Gasteiger charge is 2.40. The first-order chi connectivity index (χ1) is 16.4. The van der Waals surface area contributed by atoms with E-state index in [0.29, 0.717) is 12.5 Å². The Morgan fingerprint density at radius 3 is 2.26 bits per heavy atom. The highest BCUT2D eigenvalue weighted by atomic mass is 16.2. The summed E-state index contributed by atoms with van der Waals surface area (Å²) in [5, 5.41) is 3.15. The lowest BCUT2D eigenvalue weighted by molar-refractivity contribution is -0.123. The molecule has 0 spiro atoms. The van der Waals surface area contributed by atoms with E-state index in [9.17, 15) is 9.59 Å². The van der Waals surface area contributed by atoms with Crippen LogP contribution in [0.3, 0.4) is 0 Å². The predicted octanol–water partition coefficient (Wildman–Crippen LogP) is 6.66. The van der Waals surface area contributed by atoms with Gasteiger partial charge in [-0.2, -0.15) is 0 Å². The summed E-state index contributed by atoms with van der Waals surface area (Å²) in [6.45, 7) is 8.88. The second kappa shape index (κ2) is 10.3. The van der Waals surface area contributed by atoms with E-state index in [1.54, 1.807) is 0 Å². The lowest BCUT2D eigenvalue weighted by atomic mass is 9.83. The van der Waals surface area contributed by atoms with Gasteiger partial charge in [0.2, 0.25) is 5.91 Å². The summed E-state index contributed by atoms with van der Waals surface area (Å²) < 4.78 is 0. The summed E-state index contributed by atoms with van der Waals surface area (Å²) in [6, 6.07) is 23.7. The van der Waals surface area contributed by atoms with E-state index >= 15 is 0 Å². The summed E-state index contributed by atoms with van der Waals surface area (Å²) in [6.07, 6.45) is 1.54. The maximum Gasteiger partial charge on any atom is 0.254 e. The summed E-state index contributed by atoms with van der Waals surface area (Å²) >= 11 is 0. The van der Waals surface area contributed by atoms with Gasteiger partial charge in [-0.15, -0.1) is 0 Å². The van der Waals surface area contributed by atoms with Crippen LogP contribution in [0.1, 0.15) is 71.3 Å². The molecule has 3 aromatic rings. The third-order valence-electron chi connectivity index (χ3n) is 6.89. The van der Waals surface area contributed by atoms with Crippen LogP contribution in [-0.2, 0) is 4.79 Å². The highest BCUT2D eigenvalue weighted by molar-refractivity contribution is 5.99. The Balaban J connectivity index is 1.68. The molecule has 0 saturated carbocycles. The number of piperidine rings is 1. The van der Waals surface area contributed by atoms with Gasteiger partial charge < -0.3 is 10.2 Å². The van der Waals surface area contributed by atoms with Gasteiger partial charge in [0, 0.05) is 17.8 Å². The number of carbonyl (C=O) groups is 2. The largest absolute Gasteiger partial charge is 0.331 e. The third-order valence-corrected chi connectivity index (χ3v) is 6.89. The van der Waals surface area contributed by atoms with Crippen molar-refractivity contribution in [3.63, 3.8) is 0 Å². The van der Waals surface area contributed by atoms with Gasteiger partial charge in [-0.25, -0.2) is 0 Å². The number of nitrogens with zero attached hydrogens (tertiary/aromatic N) is 1. The van der Waals surface area contributed by atoms with E-state index in [1.807, 2.05) is 85.5 Å². The topological polar surface area (TPSA) is 49.4 Å². The number of amides is 2. The zero-order chi connectivity index (χ0) is 24.2. The maximum atomic E-state index is 13.9. The first kappa shape index (κ1) is 23.7. The van der Waals surface area contributed by atoms with Gasteiger partial charge in [-0.3, -0.25) is 9.59 Å². The predicted molar refractivity (Wildman–Crippen MR) is 138 cm³/mol. The molecule has 3 aromatic carbocycles. The zero-order valence-corrected chi connectivity index (χ0v) is 20.5. The van der Waals surface area contributed by atoms with E-state index in [2.05, 4.69) is 25.2 Å². The van der Waals surface area contributed by atoms with E-state index < -0.39 is 0 Å². The summed E-state index contributed by atoms with van der Waals surface area (Å²) in [7, 11) is 0. The first-order valence-corrected chi connectivity index (χ1v) is 12.2. The number of aryl methyl sites for hydroxylation is 2. The second-order valence-electron chi connectivity index (χ2n) is 9.64. The van der Waals surface area contributed by atoms with Crippen molar-refractivity contribution < 1.29 is 9.59 Å². The number of likely N-dealkylation sites (tertiary alicyclic amines) is 1. The lowest BCUT2D eigenvalue weighted by Gasteiger charge is -2.41. The van der Waals surface area contributed by atoms with Crippen molar-refractivity contribution >= 4 is 17.5 Å². The van der Waals surface area contributed by atoms with E-state index in [0.717, 1.165) is 40.8 Å². The molecule has 2 amide bonds. The Morgan fingerprint density at radius 1 is 0.912 bits per heavy atom. The molecule has 1 heterocycles. The molecule has 1 fully saturated rings. The monoisotopic (exact) mass is 454 g/mol. The van der Waals surface area contributed by atoms with Crippen LogP contribution >= 0.6 is 0 Å². The molecule has 4 nitrogen and oxygen atoms in total. The molecule has 0 aliphatic carbocycles. The van der Waals surface area contributed by atoms with Gasteiger partial charge in [-0.1, -0.05) is 74.5 Å². The molecular weight excluding hydrogens is 420 g/mol. The molecule has 2 atom stereocenters. The molecule has 1 saturated heterocycles. The molecular formula is C30H34N2O2. The third kappa shape index (κ3) is 4.91. The highest BCUT2D eigenvalue weighted by Crippen LogP contribution is 2.38. The lowest BCUT2D eigenvalue weighted by Crippen LogP contribution is -2.46. The number of hydrogen-bond acceptors (Lipinski definition) is 2. The molecule has 4 heteroatoms. The van der Waals surface area contributed by atoms with Gasteiger partial charge >= 0.3 is 0 Å². The zero-order valence-electron chi connectivity index (χ0n) is 20.5. The van der Waals surface area contributed by atoms with Gasteiger partial charge in [0.05, 0.1) is 12.0 Å². The molecule has 0 aromatic heterocycles. The second-order valence-corrected chi connectivity index (χ2v) is 9.64. The van der Waals surface area contributed by atoms with Gasteiger partial charge in [0.15, 0.2) is 0 Å². The smallest absolute Gasteiger partial charge is 0.254 e. The Bertz CT molecular complexity index is 1150. The Hall–Kier alpha value is -3.40. The van der Waals surface area contributed by atoms with Crippen molar-refractivity contribution in [1.82, 2.24) is 4.90 Å². The average molecular weight is 455 g/mol. The van der Waals surface area contributed by atoms with Crippen molar-refractivity contribution in [2.45, 2.75) is 52.5 Å². The van der Waals surface area contributed by atoms with Gasteiger partial charge in [0.1, 0.15) is 0 Å². The summed E-state index contributed by atoms with van der Waals surface area (Å²) in [5.74, 6) is 0.0266. The van der Waals surface area contributed by atoms with Crippen molar-refractivity contribution in [1.29, 1.82) is 0 Å². The van der Waals surface area contributed by atoms with Crippen LogP contribution in [-0.4, -0.2) is 23.3 Å². The number of rotatable bonds is 5. The molecule has 34 heavy (non-hydrogen) atoms. The number of carbonyl (C=O) groups excluding carboxylic acids is 2. The molecule has 1 aliphatic heterocycles. The van der Waals surface area contributed by atoms with Crippen molar-refractivity contribution in [2.75, 3.05) is 11.9 Å². The van der Waals surface area contributed by atoms with Crippen LogP contribution in [0.5, 0.6) is 0 Å². The van der Waals surface area contributed by atoms with Crippen LogP contribution < -0.4 is 5.32 Å². The minimum Gasteiger partial charge on any atom is -0.331 e. The number of hydrogen-bond donors (Lipinski definition) is 1. The normalized spacial score (nSPS) is 18.1. The minimum atomic E-state index is -0.327. The van der Waals surface area contributed by atoms with Crippen molar-refractivity contribution in [3.05, 3.63) is 101 Å². The van der Waals surface area contributed by atoms with Crippen LogP contribution in [0.15, 0.2) is 72.8 Å². The fourth-order valence-corrected chi connectivity index (χ4v) is 5.07. The van der Waals surface area contributed by atoms with Crippen LogP contribution in [0.25, 0.3) is 0 Å². The SMILES string of the molecule is Cc1cccc(C)c1C(=O)N1CCCC(C(=O)Nc2cccc(C(C)C)c2)C1c1ccccc1.